The van der Waals surface area contributed by atoms with Crippen LogP contribution in [0, 0.1) is 12.7 Å². The second kappa shape index (κ2) is 6.08. The van der Waals surface area contributed by atoms with E-state index in [1.165, 1.54) is 6.07 Å². The van der Waals surface area contributed by atoms with Crippen LogP contribution in [-0.2, 0) is 6.42 Å². The second-order valence-corrected chi connectivity index (χ2v) is 6.99. The van der Waals surface area contributed by atoms with Gasteiger partial charge in [-0.2, -0.15) is 0 Å². The number of aryl methyl sites for hydroxylation is 1. The van der Waals surface area contributed by atoms with E-state index in [2.05, 4.69) is 33.9 Å². The Morgan fingerprint density at radius 2 is 1.95 bits per heavy atom. The summed E-state index contributed by atoms with van der Waals surface area (Å²) in [5.74, 6) is -0.172. The maximum atomic E-state index is 13.7. The normalized spacial score (nSPS) is 10.8. The highest BCUT2D eigenvalue weighted by Crippen LogP contribution is 2.30. The summed E-state index contributed by atoms with van der Waals surface area (Å²) >= 11 is 5.11. The molecule has 0 spiro atoms. The van der Waals surface area contributed by atoms with Crippen LogP contribution in [0.1, 0.15) is 15.4 Å². The summed E-state index contributed by atoms with van der Waals surface area (Å²) in [6, 6.07) is 14.9. The van der Waals surface area contributed by atoms with Gasteiger partial charge in [-0.25, -0.2) is 9.37 Å². The van der Waals surface area contributed by atoms with Crippen LogP contribution < -0.4 is 0 Å². The molecule has 4 heteroatoms. The molecule has 0 aliphatic carbocycles. The summed E-state index contributed by atoms with van der Waals surface area (Å²) < 4.78 is 14.8. The molecule has 0 saturated heterocycles. The summed E-state index contributed by atoms with van der Waals surface area (Å²) in [6.07, 6.45) is 0.534. The van der Waals surface area contributed by atoms with Crippen LogP contribution in [0.5, 0.6) is 0 Å². The van der Waals surface area contributed by atoms with Crippen LogP contribution in [0.4, 0.5) is 4.39 Å². The van der Waals surface area contributed by atoms with Crippen molar-refractivity contribution in [2.75, 3.05) is 0 Å². The molecule has 0 atom stereocenters. The number of rotatable bonds is 3. The van der Waals surface area contributed by atoms with Crippen LogP contribution in [-0.4, -0.2) is 4.98 Å². The second-order valence-electron chi connectivity index (χ2n) is 4.79. The van der Waals surface area contributed by atoms with Gasteiger partial charge in [0.15, 0.2) is 0 Å². The third-order valence-corrected chi connectivity index (χ3v) is 4.70. The van der Waals surface area contributed by atoms with Gasteiger partial charge in [0, 0.05) is 21.3 Å². The van der Waals surface area contributed by atoms with E-state index in [0.29, 0.717) is 12.0 Å². The van der Waals surface area contributed by atoms with Gasteiger partial charge in [-0.05, 0) is 30.7 Å². The average molecular weight is 362 g/mol. The number of nitrogens with zero attached hydrogens (tertiary/aromatic N) is 1. The van der Waals surface area contributed by atoms with Crippen LogP contribution in [0.15, 0.2) is 53.0 Å². The van der Waals surface area contributed by atoms with Crippen molar-refractivity contribution in [2.24, 2.45) is 0 Å². The third-order valence-electron chi connectivity index (χ3n) is 3.24. The molecule has 2 aromatic carbocycles. The molecular weight excluding hydrogens is 349 g/mol. The predicted molar refractivity (Wildman–Crippen MR) is 89.2 cm³/mol. The Kier molecular flexibility index (Phi) is 4.17. The molecule has 0 N–H and O–H groups in total. The van der Waals surface area contributed by atoms with Crippen LogP contribution >= 0.6 is 27.3 Å². The molecule has 0 unspecified atom stereocenters. The average Bonchev–Trinajstić information content (AvgIpc) is 2.82. The van der Waals surface area contributed by atoms with Crippen molar-refractivity contribution in [1.29, 1.82) is 0 Å². The Labute approximate surface area is 135 Å². The van der Waals surface area contributed by atoms with Crippen molar-refractivity contribution in [3.8, 4) is 11.3 Å². The van der Waals surface area contributed by atoms with Crippen molar-refractivity contribution < 1.29 is 4.39 Å². The maximum absolute atomic E-state index is 13.7. The summed E-state index contributed by atoms with van der Waals surface area (Å²) in [5.41, 5.74) is 2.75. The van der Waals surface area contributed by atoms with Gasteiger partial charge in [-0.15, -0.1) is 11.3 Å². The summed E-state index contributed by atoms with van der Waals surface area (Å²) in [6.45, 7) is 2.05. The SMILES string of the molecule is Cc1sc(Cc2ccccc2F)nc1-c1cccc(Br)c1. The first-order valence-corrected chi connectivity index (χ1v) is 8.20. The zero-order chi connectivity index (χ0) is 14.8. The minimum Gasteiger partial charge on any atom is -0.241 e. The van der Waals surface area contributed by atoms with E-state index in [1.807, 2.05) is 30.3 Å². The van der Waals surface area contributed by atoms with Crippen LogP contribution in [0.2, 0.25) is 0 Å². The van der Waals surface area contributed by atoms with Crippen molar-refractivity contribution >= 4 is 27.3 Å². The van der Waals surface area contributed by atoms with E-state index in [-0.39, 0.29) is 5.82 Å². The van der Waals surface area contributed by atoms with Gasteiger partial charge in [0.25, 0.3) is 0 Å². The first-order chi connectivity index (χ1) is 10.1. The first kappa shape index (κ1) is 14.4. The Morgan fingerprint density at radius 1 is 1.14 bits per heavy atom. The topological polar surface area (TPSA) is 12.9 Å². The van der Waals surface area contributed by atoms with Crippen molar-refractivity contribution in [3.63, 3.8) is 0 Å². The number of aromatic nitrogens is 1. The predicted octanol–water partition coefficient (Wildman–Crippen LogP) is 5.61. The molecule has 1 nitrogen and oxygen atoms in total. The quantitative estimate of drug-likeness (QED) is 0.590. The molecule has 0 aliphatic rings. The molecule has 0 amide bonds. The first-order valence-electron chi connectivity index (χ1n) is 6.59. The van der Waals surface area contributed by atoms with Gasteiger partial charge in [0.05, 0.1) is 10.7 Å². The lowest BCUT2D eigenvalue weighted by Gasteiger charge is -2.00. The Hall–Kier alpha value is -1.52. The lowest BCUT2D eigenvalue weighted by molar-refractivity contribution is 0.614. The zero-order valence-corrected chi connectivity index (χ0v) is 13.8. The molecule has 0 bridgehead atoms. The molecule has 0 fully saturated rings. The van der Waals surface area contributed by atoms with Crippen LogP contribution in [0.25, 0.3) is 11.3 Å². The summed E-state index contributed by atoms with van der Waals surface area (Å²) in [7, 11) is 0. The van der Waals surface area contributed by atoms with Crippen molar-refractivity contribution in [3.05, 3.63) is 74.3 Å². The van der Waals surface area contributed by atoms with Gasteiger partial charge < -0.3 is 0 Å². The summed E-state index contributed by atoms with van der Waals surface area (Å²) in [5, 5.41) is 0.938. The van der Waals surface area contributed by atoms with E-state index in [1.54, 1.807) is 17.4 Å². The lowest BCUT2D eigenvalue weighted by atomic mass is 10.1. The molecule has 1 heterocycles. The number of thiazole rings is 1. The van der Waals surface area contributed by atoms with E-state index >= 15 is 0 Å². The van der Waals surface area contributed by atoms with Gasteiger partial charge in [-0.1, -0.05) is 46.3 Å². The zero-order valence-electron chi connectivity index (χ0n) is 11.4. The van der Waals surface area contributed by atoms with E-state index < -0.39 is 0 Å². The number of hydrogen-bond donors (Lipinski definition) is 0. The third kappa shape index (κ3) is 3.22. The molecule has 3 aromatic rings. The van der Waals surface area contributed by atoms with Crippen molar-refractivity contribution in [1.82, 2.24) is 4.98 Å². The van der Waals surface area contributed by atoms with E-state index in [4.69, 9.17) is 0 Å². The fraction of sp³-hybridized carbons (Fsp3) is 0.118. The van der Waals surface area contributed by atoms with Gasteiger partial charge in [0.2, 0.25) is 0 Å². The smallest absolute Gasteiger partial charge is 0.126 e. The highest BCUT2D eigenvalue weighted by atomic mass is 79.9. The molecule has 0 radical (unpaired) electrons. The molecule has 106 valence electrons. The number of benzene rings is 2. The lowest BCUT2D eigenvalue weighted by Crippen LogP contribution is -1.91. The molecule has 1 aromatic heterocycles. The molecular formula is C17H13BrFNS. The van der Waals surface area contributed by atoms with Gasteiger partial charge >= 0.3 is 0 Å². The monoisotopic (exact) mass is 361 g/mol. The van der Waals surface area contributed by atoms with Crippen LogP contribution in [0.3, 0.4) is 0 Å². The van der Waals surface area contributed by atoms with Crippen molar-refractivity contribution in [2.45, 2.75) is 13.3 Å². The Morgan fingerprint density at radius 3 is 2.71 bits per heavy atom. The fourth-order valence-corrected chi connectivity index (χ4v) is 3.61. The minimum atomic E-state index is -0.172. The largest absolute Gasteiger partial charge is 0.241 e. The highest BCUT2D eigenvalue weighted by molar-refractivity contribution is 9.10. The highest BCUT2D eigenvalue weighted by Gasteiger charge is 2.12. The molecule has 3 rings (SSSR count). The standard InChI is InChI=1S/C17H13BrFNS/c1-11-17(13-6-4-7-14(18)9-13)20-16(21-11)10-12-5-2-3-8-15(12)19/h2-9H,10H2,1H3. The molecule has 21 heavy (non-hydrogen) atoms. The van der Waals surface area contributed by atoms with Gasteiger partial charge in [0.1, 0.15) is 5.82 Å². The maximum Gasteiger partial charge on any atom is 0.126 e. The number of hydrogen-bond acceptors (Lipinski definition) is 2. The Balaban J connectivity index is 1.93. The van der Waals surface area contributed by atoms with Gasteiger partial charge in [-0.3, -0.25) is 0 Å². The Bertz CT molecular complexity index is 782. The molecule has 0 aliphatic heterocycles. The minimum absolute atomic E-state index is 0.172. The number of halogens is 2. The summed E-state index contributed by atoms with van der Waals surface area (Å²) in [4.78, 5) is 5.84. The van der Waals surface area contributed by atoms with E-state index in [0.717, 1.165) is 25.6 Å². The van der Waals surface area contributed by atoms with E-state index in [9.17, 15) is 4.39 Å². The fourth-order valence-electron chi connectivity index (χ4n) is 2.24. The molecule has 0 saturated carbocycles.